The molecule has 0 fully saturated rings. The highest BCUT2D eigenvalue weighted by Crippen LogP contribution is 2.24. The Morgan fingerprint density at radius 2 is 1.68 bits per heavy atom. The Kier molecular flexibility index (Phi) is 8.44. The Balaban J connectivity index is 1.72. The molecule has 7 heteroatoms. The van der Waals surface area contributed by atoms with Gasteiger partial charge in [-0.15, -0.1) is 0 Å². The van der Waals surface area contributed by atoms with Gasteiger partial charge < -0.3 is 9.47 Å². The normalized spacial score (nSPS) is 10.6. The number of amides is 1. The van der Waals surface area contributed by atoms with Crippen LogP contribution in [0.4, 0.5) is 0 Å². The maximum absolute atomic E-state index is 12.6. The number of hydrazone groups is 1. The number of hydrogen-bond acceptors (Lipinski definition) is 4. The fourth-order valence-corrected chi connectivity index (χ4v) is 3.40. The molecule has 0 bridgehead atoms. The molecule has 0 aliphatic rings. The second-order valence-electron chi connectivity index (χ2n) is 6.40. The van der Waals surface area contributed by atoms with Crippen LogP contribution in [0.15, 0.2) is 93.4 Å². The van der Waals surface area contributed by atoms with Crippen LogP contribution in [0, 0.1) is 0 Å². The van der Waals surface area contributed by atoms with Gasteiger partial charge in [-0.2, -0.15) is 5.10 Å². The fourth-order valence-electron chi connectivity index (χ4n) is 2.66. The summed E-state index contributed by atoms with van der Waals surface area (Å²) in [6, 6.07) is 20.7. The van der Waals surface area contributed by atoms with Gasteiger partial charge in [-0.3, -0.25) is 4.79 Å². The Morgan fingerprint density at radius 1 is 0.968 bits per heavy atom. The maximum atomic E-state index is 12.6. The van der Waals surface area contributed by atoms with Gasteiger partial charge in [0.25, 0.3) is 5.91 Å². The van der Waals surface area contributed by atoms with Crippen LogP contribution in [0.25, 0.3) is 0 Å². The topological polar surface area (TPSA) is 59.9 Å². The van der Waals surface area contributed by atoms with E-state index in [4.69, 9.17) is 9.47 Å². The van der Waals surface area contributed by atoms with Gasteiger partial charge in [0.15, 0.2) is 0 Å². The molecule has 0 radical (unpaired) electrons. The van der Waals surface area contributed by atoms with Gasteiger partial charge >= 0.3 is 0 Å². The van der Waals surface area contributed by atoms with Crippen molar-refractivity contribution in [3.8, 4) is 11.5 Å². The molecule has 0 aliphatic heterocycles. The minimum atomic E-state index is -0.390. The monoisotopic (exact) mass is 542 g/mol. The van der Waals surface area contributed by atoms with Crippen molar-refractivity contribution in [1.82, 2.24) is 5.43 Å². The molecule has 0 atom stereocenters. The van der Waals surface area contributed by atoms with Gasteiger partial charge in [-0.05, 0) is 42.0 Å². The van der Waals surface area contributed by atoms with E-state index in [1.807, 2.05) is 48.5 Å². The summed E-state index contributed by atoms with van der Waals surface area (Å²) in [6.07, 6.45) is 3.16. The molecule has 0 aliphatic carbocycles. The average Bonchev–Trinajstić information content (AvgIpc) is 2.78. The summed E-state index contributed by atoms with van der Waals surface area (Å²) in [5, 5.41) is 4.11. The number of benzene rings is 3. The van der Waals surface area contributed by atoms with Crippen LogP contribution in [0.2, 0.25) is 0 Å². The van der Waals surface area contributed by atoms with Crippen LogP contribution < -0.4 is 14.9 Å². The van der Waals surface area contributed by atoms with Crippen molar-refractivity contribution in [2.45, 2.75) is 6.61 Å². The zero-order valence-electron chi connectivity index (χ0n) is 16.6. The molecule has 31 heavy (non-hydrogen) atoms. The van der Waals surface area contributed by atoms with Crippen LogP contribution >= 0.6 is 31.9 Å². The average molecular weight is 544 g/mol. The van der Waals surface area contributed by atoms with Crippen molar-refractivity contribution in [2.24, 2.45) is 5.10 Å². The third kappa shape index (κ3) is 6.80. The van der Waals surface area contributed by atoms with Crippen LogP contribution in [-0.4, -0.2) is 18.7 Å². The second-order valence-corrected chi connectivity index (χ2v) is 8.23. The Labute approximate surface area is 198 Å². The molecule has 5 nitrogen and oxygen atoms in total. The number of nitrogens with zero attached hydrogens (tertiary/aromatic N) is 1. The van der Waals surface area contributed by atoms with Gasteiger partial charge in [-0.25, -0.2) is 5.43 Å². The quantitative estimate of drug-likeness (QED) is 0.201. The standard InChI is InChI=1S/C24H20Br2N2O3/c1-2-12-30-23-11-9-20(26)14-21(23)24(29)28-27-15-18-13-19(25)8-10-22(18)31-16-17-6-4-3-5-7-17/h2-11,13-15H,1,12,16H2,(H,28,29)/b27-15-. The molecule has 0 saturated heterocycles. The van der Waals surface area contributed by atoms with Gasteiger partial charge in [0.2, 0.25) is 0 Å². The zero-order valence-corrected chi connectivity index (χ0v) is 19.7. The molecule has 0 unspecified atom stereocenters. The lowest BCUT2D eigenvalue weighted by atomic mass is 10.2. The zero-order chi connectivity index (χ0) is 22.1. The molecule has 3 aromatic rings. The van der Waals surface area contributed by atoms with Gasteiger partial charge in [0.05, 0.1) is 11.8 Å². The van der Waals surface area contributed by atoms with Crippen molar-refractivity contribution in [2.75, 3.05) is 6.61 Å². The van der Waals surface area contributed by atoms with Crippen molar-refractivity contribution in [1.29, 1.82) is 0 Å². The lowest BCUT2D eigenvalue weighted by molar-refractivity contribution is 0.0951. The molecular formula is C24H20Br2N2O3. The van der Waals surface area contributed by atoms with E-state index in [-0.39, 0.29) is 0 Å². The molecule has 158 valence electrons. The van der Waals surface area contributed by atoms with Gasteiger partial charge in [0, 0.05) is 14.5 Å². The van der Waals surface area contributed by atoms with Crippen molar-refractivity contribution < 1.29 is 14.3 Å². The van der Waals surface area contributed by atoms with Gasteiger partial charge in [-0.1, -0.05) is 74.8 Å². The van der Waals surface area contributed by atoms with E-state index in [0.717, 1.165) is 20.1 Å². The highest BCUT2D eigenvalue weighted by molar-refractivity contribution is 9.10. The first-order chi connectivity index (χ1) is 15.1. The number of halogens is 2. The van der Waals surface area contributed by atoms with Crippen LogP contribution in [-0.2, 0) is 6.61 Å². The maximum Gasteiger partial charge on any atom is 0.275 e. The Morgan fingerprint density at radius 3 is 2.42 bits per heavy atom. The van der Waals surface area contributed by atoms with E-state index in [0.29, 0.717) is 30.3 Å². The first-order valence-electron chi connectivity index (χ1n) is 9.39. The third-order valence-electron chi connectivity index (χ3n) is 4.12. The number of hydrogen-bond donors (Lipinski definition) is 1. The fraction of sp³-hybridized carbons (Fsp3) is 0.0833. The predicted octanol–water partition coefficient (Wildman–Crippen LogP) is 6.12. The summed E-state index contributed by atoms with van der Waals surface area (Å²) in [5.41, 5.74) is 4.69. The van der Waals surface area contributed by atoms with Crippen molar-refractivity contribution >= 4 is 44.0 Å². The molecule has 0 heterocycles. The number of carbonyl (C=O) groups excluding carboxylic acids is 1. The Hall–Kier alpha value is -2.90. The molecule has 1 amide bonds. The highest BCUT2D eigenvalue weighted by Gasteiger charge is 2.13. The minimum absolute atomic E-state index is 0.297. The highest BCUT2D eigenvalue weighted by atomic mass is 79.9. The van der Waals surface area contributed by atoms with Crippen LogP contribution in [0.5, 0.6) is 11.5 Å². The van der Waals surface area contributed by atoms with Crippen molar-refractivity contribution in [3.05, 3.63) is 105 Å². The molecule has 0 spiro atoms. The minimum Gasteiger partial charge on any atom is -0.489 e. The van der Waals surface area contributed by atoms with E-state index in [1.165, 1.54) is 0 Å². The van der Waals surface area contributed by atoms with Crippen LogP contribution in [0.3, 0.4) is 0 Å². The number of ether oxygens (including phenoxy) is 2. The molecular weight excluding hydrogens is 524 g/mol. The van der Waals surface area contributed by atoms with Crippen LogP contribution in [0.1, 0.15) is 21.5 Å². The summed E-state index contributed by atoms with van der Waals surface area (Å²) in [6.45, 7) is 4.35. The smallest absolute Gasteiger partial charge is 0.275 e. The molecule has 3 rings (SSSR count). The summed E-state index contributed by atoms with van der Waals surface area (Å²) < 4.78 is 13.1. The first kappa shape index (κ1) is 22.8. The van der Waals surface area contributed by atoms with E-state index in [2.05, 4.69) is 49.0 Å². The summed E-state index contributed by atoms with van der Waals surface area (Å²) in [5.74, 6) is 0.714. The van der Waals surface area contributed by atoms with E-state index in [9.17, 15) is 4.79 Å². The summed E-state index contributed by atoms with van der Waals surface area (Å²) in [4.78, 5) is 12.6. The SMILES string of the molecule is C=CCOc1ccc(Br)cc1C(=O)N/N=C\c1cc(Br)ccc1OCc1ccccc1. The first-order valence-corrected chi connectivity index (χ1v) is 11.0. The van der Waals surface area contributed by atoms with Crippen molar-refractivity contribution in [3.63, 3.8) is 0 Å². The third-order valence-corrected chi connectivity index (χ3v) is 5.11. The largest absolute Gasteiger partial charge is 0.489 e. The van der Waals surface area contributed by atoms with E-state index in [1.54, 1.807) is 30.5 Å². The molecule has 0 saturated carbocycles. The predicted molar refractivity (Wildman–Crippen MR) is 130 cm³/mol. The van der Waals surface area contributed by atoms with E-state index < -0.39 is 5.91 Å². The number of nitrogens with one attached hydrogen (secondary N) is 1. The van der Waals surface area contributed by atoms with E-state index >= 15 is 0 Å². The molecule has 0 aromatic heterocycles. The Bertz CT molecular complexity index is 1090. The summed E-state index contributed by atoms with van der Waals surface area (Å²) in [7, 11) is 0. The summed E-state index contributed by atoms with van der Waals surface area (Å²) >= 11 is 6.83. The number of carbonyl (C=O) groups is 1. The molecule has 1 N–H and O–H groups in total. The second kappa shape index (κ2) is 11.5. The van der Waals surface area contributed by atoms with Gasteiger partial charge in [0.1, 0.15) is 24.7 Å². The lowest BCUT2D eigenvalue weighted by Crippen LogP contribution is -2.19. The lowest BCUT2D eigenvalue weighted by Gasteiger charge is -2.10. The number of rotatable bonds is 9. The molecule has 3 aromatic carbocycles.